The van der Waals surface area contributed by atoms with E-state index in [1.807, 2.05) is 6.92 Å². The van der Waals surface area contributed by atoms with E-state index < -0.39 is 0 Å². The molecule has 0 saturated carbocycles. The van der Waals surface area contributed by atoms with E-state index in [0.29, 0.717) is 13.1 Å². The predicted molar refractivity (Wildman–Crippen MR) is 60.7 cm³/mol. The molecule has 17 heavy (non-hydrogen) atoms. The van der Waals surface area contributed by atoms with Crippen LogP contribution in [0.4, 0.5) is 4.39 Å². The summed E-state index contributed by atoms with van der Waals surface area (Å²) in [5, 5.41) is 14.6. The molecule has 0 bridgehead atoms. The van der Waals surface area contributed by atoms with E-state index in [1.165, 1.54) is 12.1 Å². The minimum Gasteiger partial charge on any atom is -0.310 e. The average Bonchev–Trinajstić information content (AvgIpc) is 2.77. The molecule has 0 radical (unpaired) electrons. The van der Waals surface area contributed by atoms with Crippen molar-refractivity contribution in [1.29, 1.82) is 0 Å². The Labute approximate surface area is 98.6 Å². The molecule has 0 saturated heterocycles. The van der Waals surface area contributed by atoms with Crippen molar-refractivity contribution in [1.82, 2.24) is 25.5 Å². The molecule has 0 unspecified atom stereocenters. The van der Waals surface area contributed by atoms with E-state index in [4.69, 9.17) is 0 Å². The van der Waals surface area contributed by atoms with Crippen LogP contribution in [0.5, 0.6) is 0 Å². The van der Waals surface area contributed by atoms with Crippen LogP contribution in [-0.4, -0.2) is 26.8 Å². The number of nitrogens with zero attached hydrogens (tertiary/aromatic N) is 4. The zero-order chi connectivity index (χ0) is 12.1. The van der Waals surface area contributed by atoms with Crippen LogP contribution in [0.25, 0.3) is 0 Å². The van der Waals surface area contributed by atoms with Crippen molar-refractivity contribution in [3.63, 3.8) is 0 Å². The second-order valence-electron chi connectivity index (χ2n) is 3.66. The fourth-order valence-electron chi connectivity index (χ4n) is 1.47. The van der Waals surface area contributed by atoms with E-state index in [1.54, 1.807) is 16.8 Å². The Bertz CT molecular complexity index is 465. The first kappa shape index (κ1) is 11.7. The van der Waals surface area contributed by atoms with Gasteiger partial charge in [0, 0.05) is 0 Å². The van der Waals surface area contributed by atoms with Crippen molar-refractivity contribution in [2.75, 3.05) is 6.54 Å². The zero-order valence-corrected chi connectivity index (χ0v) is 9.60. The summed E-state index contributed by atoms with van der Waals surface area (Å²) < 4.78 is 14.5. The first-order valence-electron chi connectivity index (χ1n) is 5.50. The second-order valence-corrected chi connectivity index (χ2v) is 3.66. The Kier molecular flexibility index (Phi) is 3.77. The third kappa shape index (κ3) is 3.07. The fraction of sp³-hybridized carbons (Fsp3) is 0.364. The monoisotopic (exact) mass is 235 g/mol. The van der Waals surface area contributed by atoms with Crippen LogP contribution >= 0.6 is 0 Å². The average molecular weight is 235 g/mol. The molecule has 0 spiro atoms. The van der Waals surface area contributed by atoms with Crippen LogP contribution in [0.3, 0.4) is 0 Å². The van der Waals surface area contributed by atoms with Gasteiger partial charge in [0.25, 0.3) is 0 Å². The molecule has 0 aliphatic heterocycles. The van der Waals surface area contributed by atoms with Crippen LogP contribution in [0, 0.1) is 5.82 Å². The first-order valence-corrected chi connectivity index (χ1v) is 5.50. The Morgan fingerprint density at radius 1 is 1.29 bits per heavy atom. The number of nitrogens with one attached hydrogen (secondary N) is 1. The van der Waals surface area contributed by atoms with Crippen LogP contribution in [-0.2, 0) is 13.1 Å². The van der Waals surface area contributed by atoms with Gasteiger partial charge in [-0.05, 0) is 34.7 Å². The van der Waals surface area contributed by atoms with Gasteiger partial charge in [-0.2, -0.15) is 0 Å². The predicted octanol–water partition coefficient (Wildman–Crippen LogP) is 0.970. The van der Waals surface area contributed by atoms with Crippen LogP contribution < -0.4 is 5.32 Å². The molecule has 1 aromatic carbocycles. The van der Waals surface area contributed by atoms with Crippen LogP contribution in [0.1, 0.15) is 18.3 Å². The summed E-state index contributed by atoms with van der Waals surface area (Å²) in [6, 6.07) is 6.33. The molecule has 1 heterocycles. The lowest BCUT2D eigenvalue weighted by Gasteiger charge is -2.04. The van der Waals surface area contributed by atoms with E-state index >= 15 is 0 Å². The highest BCUT2D eigenvalue weighted by atomic mass is 19.1. The fourth-order valence-corrected chi connectivity index (χ4v) is 1.47. The summed E-state index contributed by atoms with van der Waals surface area (Å²) in [6.07, 6.45) is 0. The molecule has 1 N–H and O–H groups in total. The lowest BCUT2D eigenvalue weighted by Crippen LogP contribution is -2.17. The standard InChI is InChI=1S/C11H14FN5/c1-2-13-7-11-14-15-16-17(11)8-9-3-5-10(12)6-4-9/h3-6,13H,2,7-8H2,1H3. The second kappa shape index (κ2) is 5.49. The number of aromatic nitrogens is 4. The molecule has 0 aliphatic carbocycles. The number of rotatable bonds is 5. The quantitative estimate of drug-likeness (QED) is 0.839. The molecule has 2 rings (SSSR count). The highest BCUT2D eigenvalue weighted by Gasteiger charge is 2.05. The minimum atomic E-state index is -0.238. The molecule has 2 aromatic rings. The lowest BCUT2D eigenvalue weighted by molar-refractivity contribution is 0.585. The molecule has 6 heteroatoms. The van der Waals surface area contributed by atoms with Gasteiger partial charge in [0.05, 0.1) is 13.1 Å². The number of hydrogen-bond donors (Lipinski definition) is 1. The van der Waals surface area contributed by atoms with Crippen molar-refractivity contribution in [2.24, 2.45) is 0 Å². The maximum Gasteiger partial charge on any atom is 0.165 e. The third-order valence-electron chi connectivity index (χ3n) is 2.38. The number of halogens is 1. The van der Waals surface area contributed by atoms with Crippen molar-refractivity contribution in [3.8, 4) is 0 Å². The van der Waals surface area contributed by atoms with Gasteiger partial charge in [-0.15, -0.1) is 5.10 Å². The van der Waals surface area contributed by atoms with E-state index in [2.05, 4.69) is 20.8 Å². The van der Waals surface area contributed by atoms with Crippen molar-refractivity contribution < 1.29 is 4.39 Å². The highest BCUT2D eigenvalue weighted by molar-refractivity contribution is 5.16. The molecule has 90 valence electrons. The molecular weight excluding hydrogens is 221 g/mol. The lowest BCUT2D eigenvalue weighted by atomic mass is 10.2. The molecule has 5 nitrogen and oxygen atoms in total. The third-order valence-corrected chi connectivity index (χ3v) is 2.38. The maximum atomic E-state index is 12.8. The largest absolute Gasteiger partial charge is 0.310 e. The molecule has 0 amide bonds. The molecule has 1 aromatic heterocycles. The van der Waals surface area contributed by atoms with Gasteiger partial charge in [0.2, 0.25) is 0 Å². The summed E-state index contributed by atoms with van der Waals surface area (Å²) in [5.41, 5.74) is 0.969. The SMILES string of the molecule is CCNCc1nnnn1Cc1ccc(F)cc1. The summed E-state index contributed by atoms with van der Waals surface area (Å²) >= 11 is 0. The van der Waals surface area contributed by atoms with Crippen LogP contribution in [0.2, 0.25) is 0 Å². The van der Waals surface area contributed by atoms with Gasteiger partial charge < -0.3 is 5.32 Å². The van der Waals surface area contributed by atoms with Gasteiger partial charge in [-0.3, -0.25) is 0 Å². The Balaban J connectivity index is 2.07. The Morgan fingerprint density at radius 3 is 2.76 bits per heavy atom. The first-order chi connectivity index (χ1) is 8.29. The van der Waals surface area contributed by atoms with Gasteiger partial charge >= 0.3 is 0 Å². The maximum absolute atomic E-state index is 12.8. The molecule has 0 aliphatic rings. The smallest absolute Gasteiger partial charge is 0.165 e. The van der Waals surface area contributed by atoms with E-state index in [0.717, 1.165) is 17.9 Å². The van der Waals surface area contributed by atoms with Gasteiger partial charge in [0.1, 0.15) is 5.82 Å². The summed E-state index contributed by atoms with van der Waals surface area (Å²) in [6.45, 7) is 4.07. The Hall–Kier alpha value is -1.82. The number of hydrogen-bond acceptors (Lipinski definition) is 4. The Morgan fingerprint density at radius 2 is 2.06 bits per heavy atom. The number of benzene rings is 1. The summed E-state index contributed by atoms with van der Waals surface area (Å²) in [4.78, 5) is 0. The normalized spacial score (nSPS) is 10.7. The van der Waals surface area contributed by atoms with Gasteiger partial charge in [0.15, 0.2) is 5.82 Å². The highest BCUT2D eigenvalue weighted by Crippen LogP contribution is 2.05. The van der Waals surface area contributed by atoms with Crippen LogP contribution in [0.15, 0.2) is 24.3 Å². The summed E-state index contributed by atoms with van der Waals surface area (Å²) in [5.74, 6) is 0.537. The van der Waals surface area contributed by atoms with Crippen molar-refractivity contribution in [3.05, 3.63) is 41.5 Å². The molecular formula is C11H14FN5. The zero-order valence-electron chi connectivity index (χ0n) is 9.60. The van der Waals surface area contributed by atoms with E-state index in [9.17, 15) is 4.39 Å². The summed E-state index contributed by atoms with van der Waals surface area (Å²) in [7, 11) is 0. The van der Waals surface area contributed by atoms with Crippen molar-refractivity contribution in [2.45, 2.75) is 20.0 Å². The van der Waals surface area contributed by atoms with Crippen molar-refractivity contribution >= 4 is 0 Å². The molecule has 0 atom stereocenters. The molecule has 0 fully saturated rings. The van der Waals surface area contributed by atoms with Gasteiger partial charge in [-0.1, -0.05) is 19.1 Å². The van der Waals surface area contributed by atoms with E-state index in [-0.39, 0.29) is 5.82 Å². The number of tetrazole rings is 1. The van der Waals surface area contributed by atoms with Gasteiger partial charge in [-0.25, -0.2) is 9.07 Å². The topological polar surface area (TPSA) is 55.6 Å². The minimum absolute atomic E-state index is 0.238.